The van der Waals surface area contributed by atoms with Crippen LogP contribution in [0.5, 0.6) is 0 Å². The first-order chi connectivity index (χ1) is 31.2. The molecule has 0 aliphatic heterocycles. The van der Waals surface area contributed by atoms with Crippen LogP contribution in [0.3, 0.4) is 0 Å². The summed E-state index contributed by atoms with van der Waals surface area (Å²) in [6.45, 7) is 4.81. The van der Waals surface area contributed by atoms with Crippen LogP contribution in [0.2, 0.25) is 0 Å². The van der Waals surface area contributed by atoms with E-state index in [1.807, 2.05) is 60.7 Å². The Morgan fingerprint density at radius 3 is 1.18 bits per heavy atom. The molecule has 0 heterocycles. The molecule has 66 heavy (non-hydrogen) atoms. The van der Waals surface area contributed by atoms with E-state index in [0.29, 0.717) is 11.8 Å². The smallest absolute Gasteiger partial charge is 0.282 e. The molecule has 0 saturated heterocycles. The minimum Gasteiger partial charge on any atom is -0.282 e. The van der Waals surface area contributed by atoms with Gasteiger partial charge in [0, 0.05) is 99.9 Å². The molecule has 4 aromatic carbocycles. The molecule has 0 atom stereocenters. The minimum absolute atomic E-state index is 0. The van der Waals surface area contributed by atoms with Crippen molar-refractivity contribution in [2.75, 3.05) is 6.61 Å². The van der Waals surface area contributed by atoms with Crippen LogP contribution in [0.1, 0.15) is 225 Å². The molecule has 4 rings (SSSR count). The summed E-state index contributed by atoms with van der Waals surface area (Å²) >= 11 is 0. The van der Waals surface area contributed by atoms with E-state index in [0.717, 1.165) is 53.8 Å². The fourth-order valence-electron chi connectivity index (χ4n) is 8.95. The van der Waals surface area contributed by atoms with Gasteiger partial charge in [0.1, 0.15) is 9.79 Å². The molecule has 0 aliphatic rings. The number of unbranched alkanes of at least 4 members (excludes halogenated alkanes) is 30. The molecule has 3 radical (unpaired) electrons. The Morgan fingerprint density at radius 1 is 0.409 bits per heavy atom. The van der Waals surface area contributed by atoms with Crippen LogP contribution in [0, 0.1) is 0 Å². The van der Waals surface area contributed by atoms with Gasteiger partial charge in [0.05, 0.1) is 6.61 Å². The predicted molar refractivity (Wildman–Crippen MR) is 285 cm³/mol. The van der Waals surface area contributed by atoms with Gasteiger partial charge in [0.25, 0.3) is 20.2 Å². The second-order valence-electron chi connectivity index (χ2n) is 18.4. The second kappa shape index (κ2) is 40.7. The van der Waals surface area contributed by atoms with Crippen molar-refractivity contribution in [1.82, 2.24) is 0 Å². The molecule has 0 unspecified atom stereocenters. The third-order valence-electron chi connectivity index (χ3n) is 12.8. The SMILES string of the molecule is CCCCCCCCCCCCCCCCCCOS(=O)(=O)c1cccc2ccccc12.CCCCCCCCCCCCCCCCCCc1ccc2ccccc2c1S(=O)(=O)O.[Ca].[K]. The Morgan fingerprint density at radius 2 is 0.758 bits per heavy atom. The van der Waals surface area contributed by atoms with Gasteiger partial charge in [-0.2, -0.15) is 16.8 Å². The van der Waals surface area contributed by atoms with Crippen molar-refractivity contribution in [3.8, 4) is 0 Å². The molecule has 0 spiro atoms. The maximum atomic E-state index is 12.6. The van der Waals surface area contributed by atoms with Gasteiger partial charge in [-0.05, 0) is 41.7 Å². The van der Waals surface area contributed by atoms with Gasteiger partial charge in [-0.15, -0.1) is 0 Å². The van der Waals surface area contributed by atoms with E-state index in [-0.39, 0.29) is 106 Å². The molecule has 0 amide bonds. The molecular formula is C56H88CaKO6S2. The van der Waals surface area contributed by atoms with Crippen LogP contribution in [0.15, 0.2) is 88.7 Å². The molecule has 0 aromatic heterocycles. The third kappa shape index (κ3) is 28.2. The van der Waals surface area contributed by atoms with Crippen molar-refractivity contribution in [3.63, 3.8) is 0 Å². The summed E-state index contributed by atoms with van der Waals surface area (Å²) in [4.78, 5) is 0.364. The number of aryl methyl sites for hydroxylation is 1. The quantitative estimate of drug-likeness (QED) is 0.0209. The van der Waals surface area contributed by atoms with Gasteiger partial charge in [0.15, 0.2) is 0 Å². The number of benzene rings is 4. The van der Waals surface area contributed by atoms with Gasteiger partial charge in [-0.25, -0.2) is 0 Å². The first-order valence-electron chi connectivity index (χ1n) is 26.0. The summed E-state index contributed by atoms with van der Waals surface area (Å²) in [6.07, 6.45) is 42.7. The standard InChI is InChI=1S/2C28H44O3S.Ca.K/c1-2-3-4-5-6-7-8-9-10-11-12-13-14-15-16-19-25-31-32(29,30)28-24-20-22-26-21-17-18-23-27(26)28;1-2-3-4-5-6-7-8-9-10-11-12-13-14-15-16-17-21-26-24-23-25-20-18-19-22-27(25)28(26)32(29,30)31;;/h17-18,20-24H,2-16,19,25H2,1H3;18-20,22-24H,2-17,21H2,1H3,(H,29,30,31);;. The van der Waals surface area contributed by atoms with E-state index >= 15 is 0 Å². The van der Waals surface area contributed by atoms with Crippen LogP contribution in [-0.2, 0) is 30.8 Å². The average molecular weight is 1000 g/mol. The number of hydrogen-bond donors (Lipinski definition) is 1. The van der Waals surface area contributed by atoms with Gasteiger partial charge in [0.2, 0.25) is 0 Å². The van der Waals surface area contributed by atoms with Crippen molar-refractivity contribution in [2.24, 2.45) is 0 Å². The fraction of sp³-hybridized carbons (Fsp3) is 0.643. The maximum Gasteiger partial charge on any atom is 0.297 e. The summed E-state index contributed by atoms with van der Waals surface area (Å²) in [5.74, 6) is 0. The second-order valence-corrected chi connectivity index (χ2v) is 21.3. The zero-order valence-electron chi connectivity index (χ0n) is 42.1. The minimum atomic E-state index is -4.23. The maximum absolute atomic E-state index is 12.6. The summed E-state index contributed by atoms with van der Waals surface area (Å²) in [6, 6.07) is 24.0. The monoisotopic (exact) mass is 1000 g/mol. The summed E-state index contributed by atoms with van der Waals surface area (Å²) in [5, 5.41) is 3.10. The van der Waals surface area contributed by atoms with Gasteiger partial charge >= 0.3 is 0 Å². The van der Waals surface area contributed by atoms with Crippen LogP contribution < -0.4 is 0 Å². The predicted octanol–water partition coefficient (Wildman–Crippen LogP) is 16.9. The molecule has 4 aromatic rings. The van der Waals surface area contributed by atoms with Crippen molar-refractivity contribution in [3.05, 3.63) is 84.4 Å². The number of hydrogen-bond acceptors (Lipinski definition) is 5. The van der Waals surface area contributed by atoms with Gasteiger partial charge in [-0.1, -0.05) is 279 Å². The largest absolute Gasteiger partial charge is 0.297 e. The van der Waals surface area contributed by atoms with Crippen molar-refractivity contribution in [1.29, 1.82) is 0 Å². The summed E-state index contributed by atoms with van der Waals surface area (Å²) < 4.78 is 64.2. The zero-order chi connectivity index (χ0) is 46.0. The molecule has 363 valence electrons. The van der Waals surface area contributed by atoms with Crippen LogP contribution in [0.25, 0.3) is 21.5 Å². The molecule has 0 fully saturated rings. The Hall–Kier alpha value is 0.116. The first kappa shape index (κ1) is 64.1. The molecule has 0 aliphatic carbocycles. The van der Waals surface area contributed by atoms with E-state index in [1.165, 1.54) is 173 Å². The number of rotatable bonds is 37. The average Bonchev–Trinajstić information content (AvgIpc) is 3.29. The van der Waals surface area contributed by atoms with Crippen molar-refractivity contribution >= 4 is 131 Å². The normalized spacial score (nSPS) is 11.6. The summed E-state index contributed by atoms with van der Waals surface area (Å²) in [7, 11) is -7.94. The molecule has 10 heteroatoms. The molecule has 0 bridgehead atoms. The molecule has 6 nitrogen and oxygen atoms in total. The van der Waals surface area contributed by atoms with E-state index in [9.17, 15) is 21.4 Å². The Bertz CT molecular complexity index is 2020. The molecule has 0 saturated carbocycles. The zero-order valence-corrected chi connectivity index (χ0v) is 49.0. The Kier molecular flexibility index (Phi) is 39.5. The van der Waals surface area contributed by atoms with Gasteiger partial charge in [-0.3, -0.25) is 8.74 Å². The topological polar surface area (TPSA) is 97.7 Å². The van der Waals surface area contributed by atoms with Crippen molar-refractivity contribution < 1.29 is 25.6 Å². The Labute approximate surface area is 477 Å². The van der Waals surface area contributed by atoms with Crippen molar-refractivity contribution in [2.45, 2.75) is 236 Å². The van der Waals surface area contributed by atoms with Crippen LogP contribution in [-0.4, -0.2) is 117 Å². The Balaban J connectivity index is 0.000000641. The van der Waals surface area contributed by atoms with Crippen LogP contribution >= 0.6 is 0 Å². The van der Waals surface area contributed by atoms with Gasteiger partial charge < -0.3 is 0 Å². The molecular weight excluding hydrogens is 912 g/mol. The van der Waals surface area contributed by atoms with E-state index in [4.69, 9.17) is 4.18 Å². The third-order valence-corrected chi connectivity index (χ3v) is 15.1. The van der Waals surface area contributed by atoms with Crippen LogP contribution in [0.4, 0.5) is 0 Å². The number of fused-ring (bicyclic) bond motifs is 2. The molecule has 1 N–H and O–H groups in total. The summed E-state index contributed by atoms with van der Waals surface area (Å²) in [5.41, 5.74) is 0.733. The fourth-order valence-corrected chi connectivity index (χ4v) is 11.1. The first-order valence-corrected chi connectivity index (χ1v) is 28.9. The van der Waals surface area contributed by atoms with E-state index in [2.05, 4.69) is 13.8 Å². The van der Waals surface area contributed by atoms with E-state index < -0.39 is 20.2 Å². The van der Waals surface area contributed by atoms with E-state index in [1.54, 1.807) is 18.2 Å².